The van der Waals surface area contributed by atoms with Crippen LogP contribution in [0.3, 0.4) is 0 Å². The summed E-state index contributed by atoms with van der Waals surface area (Å²) in [6, 6.07) is 24.3. The lowest BCUT2D eigenvalue weighted by atomic mass is 10.2. The molecule has 0 radical (unpaired) electrons. The van der Waals surface area contributed by atoms with Crippen LogP contribution in [0.15, 0.2) is 78.9 Å². The Labute approximate surface area is 182 Å². The molecule has 0 bridgehead atoms. The van der Waals surface area contributed by atoms with Crippen molar-refractivity contribution in [1.82, 2.24) is 5.32 Å². The first-order chi connectivity index (χ1) is 15.0. The molecule has 3 aromatic carbocycles. The number of nitrogens with one attached hydrogen (secondary N) is 3. The molecular weight excluding hydrogens is 390 g/mol. The lowest BCUT2D eigenvalue weighted by Gasteiger charge is -2.13. The van der Waals surface area contributed by atoms with Crippen LogP contribution in [0.4, 0.5) is 11.4 Å². The fourth-order valence-electron chi connectivity index (χ4n) is 2.91. The van der Waals surface area contributed by atoms with E-state index in [1.54, 1.807) is 24.3 Å². The summed E-state index contributed by atoms with van der Waals surface area (Å²) in [5.74, 6) is 0.346. The van der Waals surface area contributed by atoms with E-state index in [1.807, 2.05) is 68.4 Å². The Balaban J connectivity index is 1.52. The minimum absolute atomic E-state index is 0.0671. The van der Waals surface area contributed by atoms with E-state index in [0.717, 1.165) is 11.3 Å². The number of para-hydroxylation sites is 2. The van der Waals surface area contributed by atoms with Gasteiger partial charge in [-0.1, -0.05) is 42.5 Å². The van der Waals surface area contributed by atoms with Gasteiger partial charge < -0.3 is 20.7 Å². The predicted molar refractivity (Wildman–Crippen MR) is 123 cm³/mol. The van der Waals surface area contributed by atoms with Crippen molar-refractivity contribution in [1.29, 1.82) is 0 Å². The van der Waals surface area contributed by atoms with Crippen LogP contribution < -0.4 is 20.7 Å². The maximum Gasteiger partial charge on any atom is 0.251 e. The third kappa shape index (κ3) is 6.89. The Bertz CT molecular complexity index is 1000. The van der Waals surface area contributed by atoms with Gasteiger partial charge in [-0.3, -0.25) is 9.59 Å². The molecule has 0 unspecified atom stereocenters. The van der Waals surface area contributed by atoms with E-state index in [9.17, 15) is 9.59 Å². The normalized spacial score (nSPS) is 10.4. The van der Waals surface area contributed by atoms with Gasteiger partial charge in [0, 0.05) is 17.3 Å². The van der Waals surface area contributed by atoms with Crippen molar-refractivity contribution in [3.63, 3.8) is 0 Å². The van der Waals surface area contributed by atoms with Gasteiger partial charge in [0.25, 0.3) is 5.91 Å². The summed E-state index contributed by atoms with van der Waals surface area (Å²) in [4.78, 5) is 24.4. The van der Waals surface area contributed by atoms with Crippen molar-refractivity contribution in [2.75, 3.05) is 17.2 Å². The van der Waals surface area contributed by atoms with Gasteiger partial charge in [0.15, 0.2) is 0 Å². The number of hydrogen-bond donors (Lipinski definition) is 3. The molecule has 0 aliphatic heterocycles. The van der Waals surface area contributed by atoms with Crippen LogP contribution in [0.25, 0.3) is 0 Å². The lowest BCUT2D eigenvalue weighted by molar-refractivity contribution is -0.114. The molecule has 0 spiro atoms. The highest BCUT2D eigenvalue weighted by Gasteiger charge is 2.09. The third-order valence-electron chi connectivity index (χ3n) is 4.41. The molecule has 3 N–H and O–H groups in total. The highest BCUT2D eigenvalue weighted by atomic mass is 16.5. The van der Waals surface area contributed by atoms with E-state index in [1.165, 1.54) is 0 Å². The van der Waals surface area contributed by atoms with Gasteiger partial charge >= 0.3 is 0 Å². The van der Waals surface area contributed by atoms with Crippen LogP contribution in [-0.2, 0) is 11.4 Å². The molecule has 0 saturated carbocycles. The highest BCUT2D eigenvalue weighted by molar-refractivity contribution is 5.96. The Morgan fingerprint density at radius 2 is 1.55 bits per heavy atom. The van der Waals surface area contributed by atoms with Crippen LogP contribution in [0.5, 0.6) is 5.75 Å². The van der Waals surface area contributed by atoms with Crippen LogP contribution in [0, 0.1) is 0 Å². The minimum Gasteiger partial charge on any atom is -0.487 e. The molecule has 0 aliphatic carbocycles. The standard InChI is InChI=1S/C25H27N3O3/c1-18(2)27-25(30)20-12-14-21(15-13-20)28-24(29)16-26-22-10-6-7-11-23(22)31-17-19-8-4-3-5-9-19/h3-15,18,26H,16-17H2,1-2H3,(H,27,30)(H,28,29). The number of anilines is 2. The Hall–Kier alpha value is -3.80. The van der Waals surface area contributed by atoms with E-state index in [0.29, 0.717) is 23.6 Å². The largest absolute Gasteiger partial charge is 0.487 e. The molecule has 6 nitrogen and oxygen atoms in total. The summed E-state index contributed by atoms with van der Waals surface area (Å²) >= 11 is 0. The summed E-state index contributed by atoms with van der Waals surface area (Å²) in [6.45, 7) is 4.35. The fraction of sp³-hybridized carbons (Fsp3) is 0.200. The predicted octanol–water partition coefficient (Wildman–Crippen LogP) is 4.45. The first-order valence-corrected chi connectivity index (χ1v) is 10.2. The zero-order chi connectivity index (χ0) is 22.1. The van der Waals surface area contributed by atoms with Gasteiger partial charge in [-0.25, -0.2) is 0 Å². The maximum absolute atomic E-state index is 12.3. The van der Waals surface area contributed by atoms with Crippen molar-refractivity contribution in [2.24, 2.45) is 0 Å². The maximum atomic E-state index is 12.3. The zero-order valence-electron chi connectivity index (χ0n) is 17.7. The minimum atomic E-state index is -0.197. The number of benzene rings is 3. The molecule has 2 amide bonds. The summed E-state index contributed by atoms with van der Waals surface area (Å²) in [7, 11) is 0. The monoisotopic (exact) mass is 417 g/mol. The van der Waals surface area contributed by atoms with Crippen molar-refractivity contribution in [2.45, 2.75) is 26.5 Å². The molecule has 0 fully saturated rings. The van der Waals surface area contributed by atoms with E-state index >= 15 is 0 Å². The van der Waals surface area contributed by atoms with Crippen LogP contribution in [0.1, 0.15) is 29.8 Å². The van der Waals surface area contributed by atoms with Crippen LogP contribution in [0.2, 0.25) is 0 Å². The Kier molecular flexibility index (Phi) is 7.65. The Morgan fingerprint density at radius 3 is 2.26 bits per heavy atom. The second kappa shape index (κ2) is 10.8. The van der Waals surface area contributed by atoms with Gasteiger partial charge in [-0.15, -0.1) is 0 Å². The molecule has 0 aliphatic rings. The molecule has 0 atom stereocenters. The van der Waals surface area contributed by atoms with Gasteiger partial charge in [0.05, 0.1) is 12.2 Å². The molecule has 31 heavy (non-hydrogen) atoms. The fourth-order valence-corrected chi connectivity index (χ4v) is 2.91. The Morgan fingerprint density at radius 1 is 0.871 bits per heavy atom. The molecule has 0 heterocycles. The first-order valence-electron chi connectivity index (χ1n) is 10.2. The number of hydrogen-bond acceptors (Lipinski definition) is 4. The summed E-state index contributed by atoms with van der Waals surface area (Å²) in [5.41, 5.74) is 2.99. The topological polar surface area (TPSA) is 79.5 Å². The summed E-state index contributed by atoms with van der Waals surface area (Å²) in [6.07, 6.45) is 0. The first kappa shape index (κ1) is 21.9. The van der Waals surface area contributed by atoms with Crippen LogP contribution >= 0.6 is 0 Å². The molecule has 0 saturated heterocycles. The number of amides is 2. The second-order valence-electron chi connectivity index (χ2n) is 7.38. The molecular formula is C25H27N3O3. The van der Waals surface area contributed by atoms with Crippen molar-refractivity contribution in [3.05, 3.63) is 90.0 Å². The van der Waals surface area contributed by atoms with Crippen molar-refractivity contribution < 1.29 is 14.3 Å². The highest BCUT2D eigenvalue weighted by Crippen LogP contribution is 2.24. The van der Waals surface area contributed by atoms with Gasteiger partial charge in [-0.2, -0.15) is 0 Å². The SMILES string of the molecule is CC(C)NC(=O)c1ccc(NC(=O)CNc2ccccc2OCc2ccccc2)cc1. The van der Waals surface area contributed by atoms with E-state index in [4.69, 9.17) is 4.74 Å². The number of carbonyl (C=O) groups is 2. The lowest BCUT2D eigenvalue weighted by Crippen LogP contribution is -2.30. The molecule has 6 heteroatoms. The second-order valence-corrected chi connectivity index (χ2v) is 7.38. The molecule has 3 aromatic rings. The van der Waals surface area contributed by atoms with E-state index in [-0.39, 0.29) is 24.4 Å². The van der Waals surface area contributed by atoms with Gasteiger partial charge in [-0.05, 0) is 55.8 Å². The quantitative estimate of drug-likeness (QED) is 0.480. The van der Waals surface area contributed by atoms with Crippen LogP contribution in [-0.4, -0.2) is 24.4 Å². The van der Waals surface area contributed by atoms with Gasteiger partial charge in [0.1, 0.15) is 12.4 Å². The average Bonchev–Trinajstić information content (AvgIpc) is 2.77. The molecule has 3 rings (SSSR count). The third-order valence-corrected chi connectivity index (χ3v) is 4.41. The van der Waals surface area contributed by atoms with Gasteiger partial charge in [0.2, 0.25) is 5.91 Å². The number of rotatable bonds is 9. The molecule has 0 aromatic heterocycles. The summed E-state index contributed by atoms with van der Waals surface area (Å²) in [5, 5.41) is 8.78. The van der Waals surface area contributed by atoms with E-state index < -0.39 is 0 Å². The average molecular weight is 418 g/mol. The number of carbonyl (C=O) groups excluding carboxylic acids is 2. The van der Waals surface area contributed by atoms with Crippen molar-refractivity contribution in [3.8, 4) is 5.75 Å². The number of ether oxygens (including phenoxy) is 1. The smallest absolute Gasteiger partial charge is 0.251 e. The molecule has 160 valence electrons. The zero-order valence-corrected chi connectivity index (χ0v) is 17.7. The van der Waals surface area contributed by atoms with Crippen molar-refractivity contribution >= 4 is 23.2 Å². The summed E-state index contributed by atoms with van der Waals surface area (Å²) < 4.78 is 5.90. The van der Waals surface area contributed by atoms with E-state index in [2.05, 4.69) is 16.0 Å².